The number of fused-ring (bicyclic) bond motifs is 1. The average molecular weight is 398 g/mol. The van der Waals surface area contributed by atoms with Crippen molar-refractivity contribution in [3.8, 4) is 0 Å². The van der Waals surface area contributed by atoms with Gasteiger partial charge >= 0.3 is 0 Å². The number of aromatic amines is 1. The molecule has 2 amide bonds. The molecule has 0 saturated carbocycles. The Bertz CT molecular complexity index is 1030. The molecule has 28 heavy (non-hydrogen) atoms. The van der Waals surface area contributed by atoms with E-state index in [0.717, 1.165) is 16.1 Å². The molecular formula is C20H19FN4O2S. The van der Waals surface area contributed by atoms with Crippen molar-refractivity contribution in [1.29, 1.82) is 0 Å². The first-order valence-electron chi connectivity index (χ1n) is 8.84. The van der Waals surface area contributed by atoms with Crippen LogP contribution in [0.4, 0.5) is 10.2 Å². The molecule has 3 heterocycles. The van der Waals surface area contributed by atoms with Crippen LogP contribution in [0, 0.1) is 5.82 Å². The number of H-pyrrole nitrogens is 1. The largest absolute Gasteiger partial charge is 0.327 e. The van der Waals surface area contributed by atoms with Crippen molar-refractivity contribution in [1.82, 2.24) is 15.1 Å². The minimum absolute atomic E-state index is 0.0212. The van der Waals surface area contributed by atoms with Crippen LogP contribution in [-0.4, -0.2) is 26.9 Å². The third kappa shape index (κ3) is 3.20. The molecule has 6 nitrogen and oxygen atoms in total. The standard InChI is InChI=1S/C20H19FN4O2S/c1-20(2)17-15(11-25(20)16(26)10-14-4-3-9-28-14)18(24-23-17)22-19(27)12-5-7-13(21)8-6-12/h3-9H,10-11H2,1-2H3,(H2,22,23,24,27). The third-order valence-corrected chi connectivity index (χ3v) is 5.89. The number of halogens is 1. The maximum atomic E-state index is 13.1. The summed E-state index contributed by atoms with van der Waals surface area (Å²) < 4.78 is 13.1. The van der Waals surface area contributed by atoms with Gasteiger partial charge < -0.3 is 10.2 Å². The summed E-state index contributed by atoms with van der Waals surface area (Å²) in [6, 6.07) is 9.17. The number of hydrogen-bond donors (Lipinski definition) is 2. The molecule has 3 aromatic rings. The van der Waals surface area contributed by atoms with Gasteiger partial charge in [-0.25, -0.2) is 4.39 Å². The minimum Gasteiger partial charge on any atom is -0.327 e. The van der Waals surface area contributed by atoms with Gasteiger partial charge in [-0.05, 0) is 49.6 Å². The van der Waals surface area contributed by atoms with Crippen molar-refractivity contribution in [2.24, 2.45) is 0 Å². The number of amides is 2. The van der Waals surface area contributed by atoms with Crippen molar-refractivity contribution in [3.05, 3.63) is 69.3 Å². The van der Waals surface area contributed by atoms with E-state index in [1.165, 1.54) is 24.3 Å². The van der Waals surface area contributed by atoms with Gasteiger partial charge in [-0.2, -0.15) is 5.10 Å². The second kappa shape index (κ2) is 6.87. The molecule has 144 valence electrons. The number of nitrogens with zero attached hydrogens (tertiary/aromatic N) is 2. The van der Waals surface area contributed by atoms with Crippen molar-refractivity contribution in [2.75, 3.05) is 5.32 Å². The highest BCUT2D eigenvalue weighted by Gasteiger charge is 2.43. The van der Waals surface area contributed by atoms with E-state index in [2.05, 4.69) is 15.5 Å². The average Bonchev–Trinajstić information content (AvgIpc) is 3.35. The molecule has 0 atom stereocenters. The molecule has 0 radical (unpaired) electrons. The summed E-state index contributed by atoms with van der Waals surface area (Å²) >= 11 is 1.55. The quantitative estimate of drug-likeness (QED) is 0.704. The molecular weight excluding hydrogens is 379 g/mol. The van der Waals surface area contributed by atoms with E-state index in [0.29, 0.717) is 24.3 Å². The molecule has 0 unspecified atom stereocenters. The molecule has 1 aliphatic rings. The third-order valence-electron chi connectivity index (χ3n) is 5.01. The zero-order chi connectivity index (χ0) is 19.9. The Kier molecular flexibility index (Phi) is 4.50. The molecule has 2 aromatic heterocycles. The fourth-order valence-corrected chi connectivity index (χ4v) is 4.15. The lowest BCUT2D eigenvalue weighted by Gasteiger charge is -2.31. The van der Waals surface area contributed by atoms with Gasteiger partial charge in [-0.15, -0.1) is 11.3 Å². The van der Waals surface area contributed by atoms with Crippen LogP contribution in [0.1, 0.15) is 40.3 Å². The van der Waals surface area contributed by atoms with Crippen LogP contribution in [0.5, 0.6) is 0 Å². The van der Waals surface area contributed by atoms with Gasteiger partial charge in [0.2, 0.25) is 5.91 Å². The fraction of sp³-hybridized carbons (Fsp3) is 0.250. The predicted molar refractivity (Wildman–Crippen MR) is 105 cm³/mol. The van der Waals surface area contributed by atoms with E-state index in [9.17, 15) is 14.0 Å². The molecule has 0 saturated heterocycles. The summed E-state index contributed by atoms with van der Waals surface area (Å²) in [6.45, 7) is 4.27. The lowest BCUT2D eigenvalue weighted by atomic mass is 10.0. The van der Waals surface area contributed by atoms with Gasteiger partial charge in [0.1, 0.15) is 5.82 Å². The number of carbonyl (C=O) groups is 2. The number of anilines is 1. The Morgan fingerprint density at radius 1 is 1.29 bits per heavy atom. The summed E-state index contributed by atoms with van der Waals surface area (Å²) in [4.78, 5) is 28.1. The topological polar surface area (TPSA) is 78.1 Å². The normalized spacial score (nSPS) is 14.8. The van der Waals surface area contributed by atoms with Crippen molar-refractivity contribution in [2.45, 2.75) is 32.4 Å². The molecule has 8 heteroatoms. The summed E-state index contributed by atoms with van der Waals surface area (Å²) in [6.07, 6.45) is 0.343. The second-order valence-electron chi connectivity index (χ2n) is 7.18. The molecule has 0 spiro atoms. The smallest absolute Gasteiger partial charge is 0.256 e. The first kappa shape index (κ1) is 18.4. The van der Waals surface area contributed by atoms with Crippen LogP contribution >= 0.6 is 11.3 Å². The maximum absolute atomic E-state index is 13.1. The van der Waals surface area contributed by atoms with Crippen LogP contribution in [0.2, 0.25) is 0 Å². The predicted octanol–water partition coefficient (Wildman–Crippen LogP) is 3.68. The van der Waals surface area contributed by atoms with Crippen LogP contribution in [0.25, 0.3) is 0 Å². The highest BCUT2D eigenvalue weighted by Crippen LogP contribution is 2.41. The summed E-state index contributed by atoms with van der Waals surface area (Å²) in [7, 11) is 0. The van der Waals surface area contributed by atoms with E-state index < -0.39 is 11.4 Å². The first-order chi connectivity index (χ1) is 13.4. The van der Waals surface area contributed by atoms with E-state index in [1.807, 2.05) is 31.4 Å². The Morgan fingerprint density at radius 3 is 2.71 bits per heavy atom. The van der Waals surface area contributed by atoms with Gasteiger partial charge in [0.25, 0.3) is 5.91 Å². The van der Waals surface area contributed by atoms with Gasteiger partial charge in [-0.3, -0.25) is 14.7 Å². The van der Waals surface area contributed by atoms with E-state index in [4.69, 9.17) is 0 Å². The molecule has 4 rings (SSSR count). The number of rotatable bonds is 4. The first-order valence-corrected chi connectivity index (χ1v) is 9.71. The Morgan fingerprint density at radius 2 is 2.04 bits per heavy atom. The second-order valence-corrected chi connectivity index (χ2v) is 8.21. The van der Waals surface area contributed by atoms with Gasteiger partial charge in [0, 0.05) is 16.0 Å². The number of thiophene rings is 1. The lowest BCUT2D eigenvalue weighted by Crippen LogP contribution is -2.41. The number of hydrogen-bond acceptors (Lipinski definition) is 4. The van der Waals surface area contributed by atoms with Gasteiger partial charge in [-0.1, -0.05) is 6.07 Å². The molecule has 0 aliphatic carbocycles. The summed E-state index contributed by atoms with van der Waals surface area (Å²) in [5.74, 6) is -0.369. The van der Waals surface area contributed by atoms with E-state index >= 15 is 0 Å². The Labute approximate surface area is 165 Å². The SMILES string of the molecule is CC1(C)c2[nH]nc(NC(=O)c3ccc(F)cc3)c2CN1C(=O)Cc1cccs1. The van der Waals surface area contributed by atoms with Crippen LogP contribution < -0.4 is 5.32 Å². The number of aromatic nitrogens is 2. The van der Waals surface area contributed by atoms with Gasteiger partial charge in [0.05, 0.1) is 24.2 Å². The Balaban J connectivity index is 1.54. The van der Waals surface area contributed by atoms with Crippen molar-refractivity contribution < 1.29 is 14.0 Å². The Hall–Kier alpha value is -3.00. The lowest BCUT2D eigenvalue weighted by molar-refractivity contribution is -0.135. The zero-order valence-electron chi connectivity index (χ0n) is 15.5. The zero-order valence-corrected chi connectivity index (χ0v) is 16.3. The molecule has 1 aromatic carbocycles. The van der Waals surface area contributed by atoms with Crippen molar-refractivity contribution >= 4 is 29.0 Å². The molecule has 1 aliphatic heterocycles. The number of carbonyl (C=O) groups excluding carboxylic acids is 2. The minimum atomic E-state index is -0.560. The van der Waals surface area contributed by atoms with E-state index in [1.54, 1.807) is 16.2 Å². The highest BCUT2D eigenvalue weighted by atomic mass is 32.1. The molecule has 0 fully saturated rings. The fourth-order valence-electron chi connectivity index (χ4n) is 3.46. The van der Waals surface area contributed by atoms with Crippen LogP contribution in [0.3, 0.4) is 0 Å². The monoisotopic (exact) mass is 398 g/mol. The van der Waals surface area contributed by atoms with Crippen LogP contribution in [-0.2, 0) is 23.3 Å². The summed E-state index contributed by atoms with van der Waals surface area (Å²) in [5.41, 5.74) is 1.37. The van der Waals surface area contributed by atoms with E-state index in [-0.39, 0.29) is 11.8 Å². The number of nitrogens with one attached hydrogen (secondary N) is 2. The highest BCUT2D eigenvalue weighted by molar-refractivity contribution is 7.10. The van der Waals surface area contributed by atoms with Crippen molar-refractivity contribution in [3.63, 3.8) is 0 Å². The molecule has 2 N–H and O–H groups in total. The maximum Gasteiger partial charge on any atom is 0.256 e. The number of benzene rings is 1. The molecule has 0 bridgehead atoms. The van der Waals surface area contributed by atoms with Crippen LogP contribution in [0.15, 0.2) is 41.8 Å². The summed E-state index contributed by atoms with van der Waals surface area (Å²) in [5, 5.41) is 11.9. The van der Waals surface area contributed by atoms with Gasteiger partial charge in [0.15, 0.2) is 5.82 Å².